The smallest absolute Gasteiger partial charge is 0.261 e. The van der Waals surface area contributed by atoms with Crippen molar-refractivity contribution in [2.24, 2.45) is 5.73 Å². The fraction of sp³-hybridized carbons (Fsp3) is 0. The van der Waals surface area contributed by atoms with E-state index in [1.54, 1.807) is 0 Å². The monoisotopic (exact) mass is 301 g/mol. The molecule has 0 unspecified atom stereocenters. The number of sulfonamides is 1. The second-order valence-corrected chi connectivity index (χ2v) is 5.87. The molecule has 3 N–H and O–H groups in total. The minimum Gasteiger partial charge on any atom is -0.366 e. The fourth-order valence-corrected chi connectivity index (χ4v) is 2.75. The van der Waals surface area contributed by atoms with Crippen molar-refractivity contribution in [3.8, 4) is 6.07 Å². The Balaban J connectivity index is 2.28. The number of hydrogen-bond acceptors (Lipinski definition) is 4. The Morgan fingerprint density at radius 3 is 2.38 bits per heavy atom. The van der Waals surface area contributed by atoms with Gasteiger partial charge in [0.1, 0.15) is 0 Å². The zero-order valence-corrected chi connectivity index (χ0v) is 11.6. The van der Waals surface area contributed by atoms with E-state index in [2.05, 4.69) is 4.72 Å². The molecule has 0 aliphatic heterocycles. The van der Waals surface area contributed by atoms with Gasteiger partial charge in [0.05, 0.1) is 16.5 Å². The van der Waals surface area contributed by atoms with Crippen molar-refractivity contribution in [1.29, 1.82) is 5.26 Å². The Hall–Kier alpha value is -2.85. The number of nitriles is 1. The van der Waals surface area contributed by atoms with E-state index in [9.17, 15) is 13.2 Å². The second kappa shape index (κ2) is 5.64. The highest BCUT2D eigenvalue weighted by atomic mass is 32.2. The van der Waals surface area contributed by atoms with Gasteiger partial charge in [-0.25, -0.2) is 8.42 Å². The van der Waals surface area contributed by atoms with Crippen molar-refractivity contribution in [3.63, 3.8) is 0 Å². The molecule has 21 heavy (non-hydrogen) atoms. The molecule has 0 saturated carbocycles. The van der Waals surface area contributed by atoms with Crippen molar-refractivity contribution >= 4 is 21.6 Å². The summed E-state index contributed by atoms with van der Waals surface area (Å²) in [5, 5.41) is 8.79. The number of amides is 1. The lowest BCUT2D eigenvalue weighted by molar-refractivity contribution is 0.100. The van der Waals surface area contributed by atoms with Crippen LogP contribution >= 0.6 is 0 Å². The Morgan fingerprint density at radius 2 is 1.81 bits per heavy atom. The zero-order valence-electron chi connectivity index (χ0n) is 10.8. The van der Waals surface area contributed by atoms with E-state index >= 15 is 0 Å². The van der Waals surface area contributed by atoms with Crippen molar-refractivity contribution in [1.82, 2.24) is 0 Å². The zero-order chi connectivity index (χ0) is 15.5. The highest BCUT2D eigenvalue weighted by Gasteiger charge is 2.14. The van der Waals surface area contributed by atoms with Crippen LogP contribution in [0.4, 0.5) is 5.69 Å². The largest absolute Gasteiger partial charge is 0.366 e. The molecular weight excluding hydrogens is 290 g/mol. The molecule has 0 aromatic heterocycles. The van der Waals surface area contributed by atoms with Gasteiger partial charge in [0.25, 0.3) is 10.0 Å². The number of benzene rings is 2. The predicted octanol–water partition coefficient (Wildman–Crippen LogP) is 1.46. The summed E-state index contributed by atoms with van der Waals surface area (Å²) in [6, 6.07) is 13.3. The summed E-state index contributed by atoms with van der Waals surface area (Å²) in [6.45, 7) is 0. The molecule has 0 aliphatic rings. The molecule has 106 valence electrons. The summed E-state index contributed by atoms with van der Waals surface area (Å²) in [6.07, 6.45) is 0. The number of nitrogens with two attached hydrogens (primary N) is 1. The lowest BCUT2D eigenvalue weighted by Crippen LogP contribution is -2.14. The number of anilines is 1. The summed E-state index contributed by atoms with van der Waals surface area (Å²) in [4.78, 5) is 10.9. The molecule has 0 atom stereocenters. The average Bonchev–Trinajstić information content (AvgIpc) is 2.47. The van der Waals surface area contributed by atoms with Crippen LogP contribution in [0, 0.1) is 11.3 Å². The van der Waals surface area contributed by atoms with Gasteiger partial charge in [-0.3, -0.25) is 9.52 Å². The quantitative estimate of drug-likeness (QED) is 0.889. The van der Waals surface area contributed by atoms with Crippen LogP contribution in [0.1, 0.15) is 15.9 Å². The van der Waals surface area contributed by atoms with Crippen LogP contribution in [-0.4, -0.2) is 14.3 Å². The van der Waals surface area contributed by atoms with Crippen molar-refractivity contribution < 1.29 is 13.2 Å². The fourth-order valence-electron chi connectivity index (χ4n) is 1.65. The molecule has 2 aromatic carbocycles. The van der Waals surface area contributed by atoms with E-state index < -0.39 is 15.9 Å². The first-order valence-corrected chi connectivity index (χ1v) is 7.33. The van der Waals surface area contributed by atoms with Crippen LogP contribution in [-0.2, 0) is 10.0 Å². The maximum atomic E-state index is 12.2. The molecule has 2 rings (SSSR count). The molecule has 0 heterocycles. The normalized spacial score (nSPS) is 10.6. The van der Waals surface area contributed by atoms with E-state index in [0.29, 0.717) is 5.69 Å². The van der Waals surface area contributed by atoms with Crippen LogP contribution < -0.4 is 10.5 Å². The van der Waals surface area contributed by atoms with Crippen LogP contribution in [0.25, 0.3) is 0 Å². The van der Waals surface area contributed by atoms with Crippen LogP contribution in [0.3, 0.4) is 0 Å². The number of carbonyl (C=O) groups excluding carboxylic acids is 1. The number of primary amides is 1. The minimum atomic E-state index is -3.80. The molecule has 0 aliphatic carbocycles. The lowest BCUT2D eigenvalue weighted by Gasteiger charge is -2.08. The first-order valence-electron chi connectivity index (χ1n) is 5.85. The number of carbonyl (C=O) groups is 1. The van der Waals surface area contributed by atoms with Gasteiger partial charge in [-0.1, -0.05) is 6.07 Å². The maximum Gasteiger partial charge on any atom is 0.261 e. The average molecular weight is 301 g/mol. The highest BCUT2D eigenvalue weighted by Crippen LogP contribution is 2.17. The van der Waals surface area contributed by atoms with Crippen LogP contribution in [0.2, 0.25) is 0 Å². The van der Waals surface area contributed by atoms with Crippen LogP contribution in [0.15, 0.2) is 53.4 Å². The van der Waals surface area contributed by atoms with Crippen molar-refractivity contribution in [2.75, 3.05) is 4.72 Å². The number of nitrogens with zero attached hydrogens (tertiary/aromatic N) is 1. The first kappa shape index (κ1) is 14.6. The summed E-state index contributed by atoms with van der Waals surface area (Å²) in [5.41, 5.74) is 5.93. The Labute approximate surface area is 121 Å². The predicted molar refractivity (Wildman–Crippen MR) is 76.9 cm³/mol. The van der Waals surface area contributed by atoms with Crippen molar-refractivity contribution in [3.05, 3.63) is 59.7 Å². The summed E-state index contributed by atoms with van der Waals surface area (Å²) >= 11 is 0. The molecule has 2 aromatic rings. The third kappa shape index (κ3) is 3.38. The van der Waals surface area contributed by atoms with Gasteiger partial charge in [0, 0.05) is 11.3 Å². The SMILES string of the molecule is N#Cc1cccc(S(=O)(=O)Nc2ccc(C(N)=O)cc2)c1. The van der Waals surface area contributed by atoms with Crippen LogP contribution in [0.5, 0.6) is 0 Å². The number of rotatable bonds is 4. The first-order chi connectivity index (χ1) is 9.92. The standard InChI is InChI=1S/C14H11N3O3S/c15-9-10-2-1-3-13(8-10)21(19,20)17-12-6-4-11(5-7-12)14(16)18/h1-8,17H,(H2,16,18). The summed E-state index contributed by atoms with van der Waals surface area (Å²) in [5.74, 6) is -0.592. The third-order valence-corrected chi connectivity index (χ3v) is 4.07. The molecule has 7 heteroatoms. The van der Waals surface area contributed by atoms with E-state index in [1.807, 2.05) is 6.07 Å². The van der Waals surface area contributed by atoms with Gasteiger partial charge < -0.3 is 5.73 Å². The molecule has 0 fully saturated rings. The molecule has 0 spiro atoms. The van der Waals surface area contributed by atoms with Gasteiger partial charge in [-0.05, 0) is 42.5 Å². The topological polar surface area (TPSA) is 113 Å². The third-order valence-electron chi connectivity index (χ3n) is 2.70. The van der Waals surface area contributed by atoms with Gasteiger partial charge in [0.2, 0.25) is 5.91 Å². The number of nitrogens with one attached hydrogen (secondary N) is 1. The van der Waals surface area contributed by atoms with Gasteiger partial charge in [0.15, 0.2) is 0 Å². The molecule has 0 radical (unpaired) electrons. The van der Waals surface area contributed by atoms with Gasteiger partial charge in [-0.2, -0.15) is 5.26 Å². The summed E-state index contributed by atoms with van der Waals surface area (Å²) < 4.78 is 26.7. The molecule has 0 bridgehead atoms. The Kier molecular flexibility index (Phi) is 3.91. The van der Waals surface area contributed by atoms with E-state index in [-0.39, 0.29) is 16.0 Å². The highest BCUT2D eigenvalue weighted by molar-refractivity contribution is 7.92. The molecule has 0 saturated heterocycles. The maximum absolute atomic E-state index is 12.2. The number of hydrogen-bond donors (Lipinski definition) is 2. The molecule has 1 amide bonds. The van der Waals surface area contributed by atoms with Gasteiger partial charge >= 0.3 is 0 Å². The Morgan fingerprint density at radius 1 is 1.14 bits per heavy atom. The van der Waals surface area contributed by atoms with Gasteiger partial charge in [-0.15, -0.1) is 0 Å². The van der Waals surface area contributed by atoms with E-state index in [4.69, 9.17) is 11.0 Å². The molecule has 6 nitrogen and oxygen atoms in total. The Bertz CT molecular complexity index is 821. The lowest BCUT2D eigenvalue weighted by atomic mass is 10.2. The van der Waals surface area contributed by atoms with E-state index in [1.165, 1.54) is 48.5 Å². The van der Waals surface area contributed by atoms with E-state index in [0.717, 1.165) is 0 Å². The molecular formula is C14H11N3O3S. The second-order valence-electron chi connectivity index (χ2n) is 4.19. The van der Waals surface area contributed by atoms with Crippen molar-refractivity contribution in [2.45, 2.75) is 4.90 Å². The summed E-state index contributed by atoms with van der Waals surface area (Å²) in [7, 11) is -3.80. The minimum absolute atomic E-state index is 0.0134.